The second-order valence-electron chi connectivity index (χ2n) is 4.33. The largest absolute Gasteiger partial charge is 0.478 e. The van der Waals surface area contributed by atoms with Crippen molar-refractivity contribution in [3.63, 3.8) is 0 Å². The number of hydrogen-bond acceptors (Lipinski definition) is 4. The summed E-state index contributed by atoms with van der Waals surface area (Å²) in [6.45, 7) is 4.87. The summed E-state index contributed by atoms with van der Waals surface area (Å²) in [7, 11) is 0. The highest BCUT2D eigenvalue weighted by Gasteiger charge is 2.29. The molecular weight excluding hydrogens is 218 g/mol. The molecule has 92 valence electrons. The smallest absolute Gasteiger partial charge is 0.347 e. The molecule has 0 amide bonds. The number of carbonyl (C=O) groups excluding carboxylic acids is 1. The van der Waals surface area contributed by atoms with Gasteiger partial charge < -0.3 is 15.2 Å². The molecule has 0 bridgehead atoms. The number of nitrogens with two attached hydrogens (primary N) is 1. The second kappa shape index (κ2) is 4.75. The second-order valence-corrected chi connectivity index (χ2v) is 4.33. The fourth-order valence-electron chi connectivity index (χ4n) is 2.07. The Hall–Kier alpha value is -1.55. The summed E-state index contributed by atoms with van der Waals surface area (Å²) in [4.78, 5) is 11.4. The van der Waals surface area contributed by atoms with E-state index in [1.165, 1.54) is 0 Å². The zero-order chi connectivity index (χ0) is 12.4. The van der Waals surface area contributed by atoms with E-state index >= 15 is 0 Å². The zero-order valence-electron chi connectivity index (χ0n) is 10.2. The van der Waals surface area contributed by atoms with Gasteiger partial charge in [0.15, 0.2) is 6.10 Å². The quantitative estimate of drug-likeness (QED) is 0.806. The first kappa shape index (κ1) is 11.9. The highest BCUT2D eigenvalue weighted by Crippen LogP contribution is 2.27. The Bertz CT molecular complexity index is 419. The van der Waals surface area contributed by atoms with Gasteiger partial charge in [0.05, 0.1) is 6.61 Å². The van der Waals surface area contributed by atoms with Crippen LogP contribution in [0.1, 0.15) is 23.1 Å². The minimum atomic E-state index is -0.462. The van der Waals surface area contributed by atoms with Crippen LogP contribution in [0.25, 0.3) is 0 Å². The third-order valence-corrected chi connectivity index (χ3v) is 2.90. The molecule has 1 aliphatic heterocycles. The van der Waals surface area contributed by atoms with Crippen LogP contribution in [-0.4, -0.2) is 18.7 Å². The van der Waals surface area contributed by atoms with Crippen LogP contribution in [0, 0.1) is 13.8 Å². The highest BCUT2D eigenvalue weighted by atomic mass is 16.6. The summed E-state index contributed by atoms with van der Waals surface area (Å²) >= 11 is 0. The third kappa shape index (κ3) is 2.42. The predicted molar refractivity (Wildman–Crippen MR) is 63.8 cm³/mol. The number of benzene rings is 1. The Morgan fingerprint density at radius 2 is 2.06 bits per heavy atom. The van der Waals surface area contributed by atoms with Crippen molar-refractivity contribution in [2.24, 2.45) is 5.73 Å². The summed E-state index contributed by atoms with van der Waals surface area (Å²) < 4.78 is 10.6. The summed E-state index contributed by atoms with van der Waals surface area (Å²) in [6.07, 6.45) is 0.159. The lowest BCUT2D eigenvalue weighted by Crippen LogP contribution is -2.22. The molecule has 1 aromatic carbocycles. The molecule has 4 nitrogen and oxygen atoms in total. The van der Waals surface area contributed by atoms with Crippen LogP contribution >= 0.6 is 0 Å². The minimum absolute atomic E-state index is 0.272. The van der Waals surface area contributed by atoms with Gasteiger partial charge in [0, 0.05) is 13.0 Å². The predicted octanol–water partition coefficient (Wildman–Crippen LogP) is 1.46. The van der Waals surface area contributed by atoms with E-state index < -0.39 is 6.10 Å². The number of esters is 1. The maximum atomic E-state index is 11.4. The molecule has 0 radical (unpaired) electrons. The molecule has 2 rings (SSSR count). The molecule has 1 aliphatic rings. The summed E-state index contributed by atoms with van der Waals surface area (Å²) in [5.41, 5.74) is 8.69. The normalized spacial score (nSPS) is 19.2. The summed E-state index contributed by atoms with van der Waals surface area (Å²) in [6, 6.07) is 3.98. The zero-order valence-corrected chi connectivity index (χ0v) is 10.2. The van der Waals surface area contributed by atoms with Crippen LogP contribution in [-0.2, 0) is 16.1 Å². The molecule has 1 aromatic rings. The van der Waals surface area contributed by atoms with E-state index in [9.17, 15) is 4.79 Å². The monoisotopic (exact) mass is 235 g/mol. The molecule has 1 fully saturated rings. The third-order valence-electron chi connectivity index (χ3n) is 2.90. The Balaban J connectivity index is 2.23. The number of aryl methyl sites for hydroxylation is 2. The van der Waals surface area contributed by atoms with E-state index in [4.69, 9.17) is 15.2 Å². The minimum Gasteiger partial charge on any atom is -0.478 e. The molecule has 17 heavy (non-hydrogen) atoms. The van der Waals surface area contributed by atoms with E-state index in [-0.39, 0.29) is 5.97 Å². The molecule has 0 saturated carbocycles. The SMILES string of the molecule is Cc1cc(CN)cc(C)c1OC1CCOC1=O. The Morgan fingerprint density at radius 3 is 2.53 bits per heavy atom. The van der Waals surface area contributed by atoms with Crippen LogP contribution in [0.2, 0.25) is 0 Å². The first-order chi connectivity index (χ1) is 8.11. The van der Waals surface area contributed by atoms with Crippen LogP contribution < -0.4 is 10.5 Å². The maximum Gasteiger partial charge on any atom is 0.347 e. The molecule has 1 atom stereocenters. The summed E-state index contributed by atoms with van der Waals surface area (Å²) in [5.74, 6) is 0.498. The van der Waals surface area contributed by atoms with Crippen LogP contribution in [0.5, 0.6) is 5.75 Å². The fourth-order valence-corrected chi connectivity index (χ4v) is 2.07. The van der Waals surface area contributed by atoms with Gasteiger partial charge in [0.25, 0.3) is 0 Å². The maximum absolute atomic E-state index is 11.4. The van der Waals surface area contributed by atoms with Gasteiger partial charge in [-0.1, -0.05) is 12.1 Å². The van der Waals surface area contributed by atoms with E-state index in [1.807, 2.05) is 26.0 Å². The van der Waals surface area contributed by atoms with Gasteiger partial charge in [-0.2, -0.15) is 0 Å². The van der Waals surface area contributed by atoms with Gasteiger partial charge in [0.2, 0.25) is 0 Å². The lowest BCUT2D eigenvalue weighted by Gasteiger charge is -2.16. The molecular formula is C13H17NO3. The lowest BCUT2D eigenvalue weighted by atomic mass is 10.1. The van der Waals surface area contributed by atoms with E-state index in [1.54, 1.807) is 0 Å². The van der Waals surface area contributed by atoms with Crippen molar-refractivity contribution in [2.45, 2.75) is 32.9 Å². The average molecular weight is 235 g/mol. The van der Waals surface area contributed by atoms with E-state index in [0.29, 0.717) is 19.6 Å². The summed E-state index contributed by atoms with van der Waals surface area (Å²) in [5, 5.41) is 0. The van der Waals surface area contributed by atoms with Crippen molar-refractivity contribution in [1.29, 1.82) is 0 Å². The van der Waals surface area contributed by atoms with E-state index in [2.05, 4.69) is 0 Å². The number of ether oxygens (including phenoxy) is 2. The Morgan fingerprint density at radius 1 is 1.41 bits per heavy atom. The number of hydrogen-bond donors (Lipinski definition) is 1. The standard InChI is InChI=1S/C13H17NO3/c1-8-5-10(7-14)6-9(2)12(8)17-11-3-4-16-13(11)15/h5-6,11H,3-4,7,14H2,1-2H3. The van der Waals surface area contributed by atoms with Crippen LogP contribution in [0.3, 0.4) is 0 Å². The van der Waals surface area contributed by atoms with Crippen molar-refractivity contribution in [1.82, 2.24) is 0 Å². The molecule has 1 unspecified atom stereocenters. The van der Waals surface area contributed by atoms with Gasteiger partial charge in [-0.05, 0) is 30.5 Å². The molecule has 0 spiro atoms. The van der Waals surface area contributed by atoms with Gasteiger partial charge in [-0.3, -0.25) is 0 Å². The van der Waals surface area contributed by atoms with Crippen molar-refractivity contribution in [3.05, 3.63) is 28.8 Å². The molecule has 2 N–H and O–H groups in total. The van der Waals surface area contributed by atoms with Crippen LogP contribution in [0.4, 0.5) is 0 Å². The number of rotatable bonds is 3. The van der Waals surface area contributed by atoms with Gasteiger partial charge in [0.1, 0.15) is 5.75 Å². The first-order valence-corrected chi connectivity index (χ1v) is 5.75. The highest BCUT2D eigenvalue weighted by molar-refractivity contribution is 5.77. The topological polar surface area (TPSA) is 61.6 Å². The van der Waals surface area contributed by atoms with Crippen molar-refractivity contribution < 1.29 is 14.3 Å². The van der Waals surface area contributed by atoms with Crippen molar-refractivity contribution in [3.8, 4) is 5.75 Å². The first-order valence-electron chi connectivity index (χ1n) is 5.75. The van der Waals surface area contributed by atoms with E-state index in [0.717, 1.165) is 22.4 Å². The molecule has 1 saturated heterocycles. The Kier molecular flexibility index (Phi) is 3.33. The molecule has 1 heterocycles. The Labute approximate surface area is 101 Å². The van der Waals surface area contributed by atoms with Gasteiger partial charge in [-0.15, -0.1) is 0 Å². The van der Waals surface area contributed by atoms with Crippen molar-refractivity contribution >= 4 is 5.97 Å². The van der Waals surface area contributed by atoms with Gasteiger partial charge in [-0.25, -0.2) is 4.79 Å². The molecule has 0 aliphatic carbocycles. The lowest BCUT2D eigenvalue weighted by molar-refractivity contribution is -0.143. The van der Waals surface area contributed by atoms with Crippen LogP contribution in [0.15, 0.2) is 12.1 Å². The number of carbonyl (C=O) groups is 1. The molecule has 0 aromatic heterocycles. The average Bonchev–Trinajstić information content (AvgIpc) is 2.69. The molecule has 4 heteroatoms. The van der Waals surface area contributed by atoms with Gasteiger partial charge >= 0.3 is 5.97 Å². The number of cyclic esters (lactones) is 1. The van der Waals surface area contributed by atoms with Crippen molar-refractivity contribution in [2.75, 3.05) is 6.61 Å². The fraction of sp³-hybridized carbons (Fsp3) is 0.462.